The molecule has 0 spiro atoms. The van der Waals surface area contributed by atoms with Crippen molar-refractivity contribution in [3.05, 3.63) is 65.2 Å². The normalized spacial score (nSPS) is 11.4. The number of ketones is 1. The van der Waals surface area contributed by atoms with Gasteiger partial charge in [-0.2, -0.15) is 0 Å². The second-order valence-corrected chi connectivity index (χ2v) is 4.39. The van der Waals surface area contributed by atoms with E-state index in [1.165, 1.54) is 12.1 Å². The van der Waals surface area contributed by atoms with Gasteiger partial charge < -0.3 is 15.2 Å². The van der Waals surface area contributed by atoms with Gasteiger partial charge in [0, 0.05) is 18.7 Å². The minimum absolute atomic E-state index is 0.191. The number of aliphatic carboxylic acids is 1. The van der Waals surface area contributed by atoms with Crippen molar-refractivity contribution in [2.75, 3.05) is 0 Å². The molecule has 21 heavy (non-hydrogen) atoms. The van der Waals surface area contributed by atoms with Gasteiger partial charge in [0.15, 0.2) is 0 Å². The molecule has 0 radical (unpaired) electrons. The average molecular weight is 289 g/mol. The third kappa shape index (κ3) is 3.56. The van der Waals surface area contributed by atoms with Crippen LogP contribution in [0, 0.1) is 5.82 Å². The van der Waals surface area contributed by atoms with Gasteiger partial charge in [0.2, 0.25) is 0 Å². The van der Waals surface area contributed by atoms with Crippen LogP contribution in [0.25, 0.3) is 5.76 Å². The molecule has 0 unspecified atom stereocenters. The lowest BCUT2D eigenvalue weighted by Crippen LogP contribution is -2.09. The van der Waals surface area contributed by atoms with E-state index >= 15 is 0 Å². The van der Waals surface area contributed by atoms with Crippen molar-refractivity contribution in [1.82, 2.24) is 4.98 Å². The zero-order valence-electron chi connectivity index (χ0n) is 10.8. The Morgan fingerprint density at radius 1 is 1.24 bits per heavy atom. The summed E-state index contributed by atoms with van der Waals surface area (Å²) in [7, 11) is 0. The summed E-state index contributed by atoms with van der Waals surface area (Å²) >= 11 is 0. The van der Waals surface area contributed by atoms with Crippen molar-refractivity contribution in [2.24, 2.45) is 0 Å². The molecule has 1 heterocycles. The lowest BCUT2D eigenvalue weighted by molar-refractivity contribution is -0.146. The summed E-state index contributed by atoms with van der Waals surface area (Å²) in [5, 5.41) is 18.1. The first-order chi connectivity index (χ1) is 9.97. The molecule has 0 amide bonds. The zero-order valence-corrected chi connectivity index (χ0v) is 10.8. The van der Waals surface area contributed by atoms with Crippen LogP contribution in [0.1, 0.15) is 16.8 Å². The summed E-state index contributed by atoms with van der Waals surface area (Å²) in [6.45, 7) is 0. The lowest BCUT2D eigenvalue weighted by Gasteiger charge is -2.00. The maximum Gasteiger partial charge on any atom is 0.376 e. The van der Waals surface area contributed by atoms with Gasteiger partial charge in [-0.3, -0.25) is 4.79 Å². The second kappa shape index (κ2) is 6.04. The predicted molar refractivity (Wildman–Crippen MR) is 73.2 cm³/mol. The maximum atomic E-state index is 13.5. The Bertz CT molecular complexity index is 718. The van der Waals surface area contributed by atoms with Crippen LogP contribution >= 0.6 is 0 Å². The van der Waals surface area contributed by atoms with E-state index in [4.69, 9.17) is 5.11 Å². The summed E-state index contributed by atoms with van der Waals surface area (Å²) < 4.78 is 13.5. The molecule has 0 bridgehead atoms. The van der Waals surface area contributed by atoms with E-state index in [9.17, 15) is 19.1 Å². The number of aromatic amines is 1. The molecule has 0 aliphatic heterocycles. The summed E-state index contributed by atoms with van der Waals surface area (Å²) in [4.78, 5) is 24.1. The third-order valence-electron chi connectivity index (χ3n) is 2.85. The Balaban J connectivity index is 2.17. The topological polar surface area (TPSA) is 90.4 Å². The molecular formula is C15H12FNO4. The van der Waals surface area contributed by atoms with Crippen molar-refractivity contribution >= 4 is 17.5 Å². The van der Waals surface area contributed by atoms with Gasteiger partial charge in [-0.15, -0.1) is 0 Å². The number of aromatic nitrogens is 1. The quantitative estimate of drug-likeness (QED) is 0.447. The number of carbonyl (C=O) groups excluding carboxylic acids is 1. The Morgan fingerprint density at radius 3 is 2.62 bits per heavy atom. The van der Waals surface area contributed by atoms with Gasteiger partial charge >= 0.3 is 5.97 Å². The minimum Gasteiger partial charge on any atom is -0.506 e. The summed E-state index contributed by atoms with van der Waals surface area (Å²) in [6.07, 6.45) is 2.47. The largest absolute Gasteiger partial charge is 0.506 e. The molecule has 0 fully saturated rings. The number of carbonyl (C=O) groups is 2. The Labute approximate surface area is 119 Å². The van der Waals surface area contributed by atoms with E-state index in [0.717, 1.165) is 0 Å². The number of nitrogens with one attached hydrogen (secondary N) is 1. The molecule has 0 saturated carbocycles. The summed E-state index contributed by atoms with van der Waals surface area (Å²) in [5.41, 5.74) is 1.38. The highest BCUT2D eigenvalue weighted by atomic mass is 19.1. The standard InChI is InChI=1S/C15H12FNO4/c16-11-4-2-1-3-10(11)5-9-6-12(17-8-9)13(18)7-14(19)15(20)21/h1-4,6-8,17-18H,5H2,(H,20,21). The van der Waals surface area contributed by atoms with Crippen LogP contribution in [0.4, 0.5) is 4.39 Å². The lowest BCUT2D eigenvalue weighted by atomic mass is 10.1. The molecule has 0 atom stereocenters. The van der Waals surface area contributed by atoms with Crippen LogP contribution in [0.2, 0.25) is 0 Å². The van der Waals surface area contributed by atoms with E-state index in [2.05, 4.69) is 4.98 Å². The van der Waals surface area contributed by atoms with Gasteiger partial charge in [-0.05, 0) is 23.3 Å². The molecule has 2 aromatic rings. The number of halogens is 1. The van der Waals surface area contributed by atoms with E-state index < -0.39 is 17.5 Å². The van der Waals surface area contributed by atoms with Gasteiger partial charge in [-0.1, -0.05) is 18.2 Å². The van der Waals surface area contributed by atoms with E-state index in [0.29, 0.717) is 23.6 Å². The fourth-order valence-electron chi connectivity index (χ4n) is 1.81. The van der Waals surface area contributed by atoms with Crippen molar-refractivity contribution in [1.29, 1.82) is 0 Å². The molecule has 1 aromatic carbocycles. The zero-order chi connectivity index (χ0) is 15.4. The SMILES string of the molecule is O=C(O)C(=O)C=C(O)c1cc(Cc2ccccc2F)c[nH]1. The van der Waals surface area contributed by atoms with Crippen LogP contribution in [0.3, 0.4) is 0 Å². The van der Waals surface area contributed by atoms with Crippen LogP contribution in [0.5, 0.6) is 0 Å². The number of hydrogen-bond donors (Lipinski definition) is 3. The second-order valence-electron chi connectivity index (χ2n) is 4.39. The molecule has 6 heteroatoms. The number of benzene rings is 1. The average Bonchev–Trinajstić information content (AvgIpc) is 2.90. The van der Waals surface area contributed by atoms with Crippen molar-refractivity contribution < 1.29 is 24.2 Å². The molecular weight excluding hydrogens is 277 g/mol. The number of aliphatic hydroxyl groups excluding tert-OH is 1. The molecule has 0 saturated heterocycles. The van der Waals surface area contributed by atoms with Gasteiger partial charge in [-0.25, -0.2) is 9.18 Å². The van der Waals surface area contributed by atoms with Crippen LogP contribution < -0.4 is 0 Å². The Hall–Kier alpha value is -2.89. The fourth-order valence-corrected chi connectivity index (χ4v) is 1.81. The first-order valence-electron chi connectivity index (χ1n) is 6.06. The Morgan fingerprint density at radius 2 is 1.95 bits per heavy atom. The molecule has 1 aromatic heterocycles. The van der Waals surface area contributed by atoms with Crippen LogP contribution in [-0.4, -0.2) is 26.9 Å². The summed E-state index contributed by atoms with van der Waals surface area (Å²) in [5.74, 6) is -3.69. The monoisotopic (exact) mass is 289 g/mol. The van der Waals surface area contributed by atoms with E-state index in [-0.39, 0.29) is 11.5 Å². The highest BCUT2D eigenvalue weighted by Gasteiger charge is 2.12. The van der Waals surface area contributed by atoms with E-state index in [1.807, 2.05) is 0 Å². The first kappa shape index (κ1) is 14.5. The number of carboxylic acid groups (broad SMARTS) is 1. The molecule has 3 N–H and O–H groups in total. The number of hydrogen-bond acceptors (Lipinski definition) is 3. The summed E-state index contributed by atoms with van der Waals surface area (Å²) in [6, 6.07) is 7.83. The molecule has 5 nitrogen and oxygen atoms in total. The van der Waals surface area contributed by atoms with Crippen molar-refractivity contribution in [2.45, 2.75) is 6.42 Å². The smallest absolute Gasteiger partial charge is 0.376 e. The third-order valence-corrected chi connectivity index (χ3v) is 2.85. The molecule has 2 rings (SSSR count). The fraction of sp³-hybridized carbons (Fsp3) is 0.0667. The van der Waals surface area contributed by atoms with Crippen molar-refractivity contribution in [3.8, 4) is 0 Å². The molecule has 0 aliphatic carbocycles. The number of H-pyrrole nitrogens is 1. The van der Waals surface area contributed by atoms with Gasteiger partial charge in [0.25, 0.3) is 5.78 Å². The van der Waals surface area contributed by atoms with E-state index in [1.54, 1.807) is 24.4 Å². The minimum atomic E-state index is -1.65. The molecule has 0 aliphatic rings. The highest BCUT2D eigenvalue weighted by Crippen LogP contribution is 2.17. The van der Waals surface area contributed by atoms with Crippen LogP contribution in [-0.2, 0) is 16.0 Å². The predicted octanol–water partition coefficient (Wildman–Crippen LogP) is 2.30. The maximum absolute atomic E-state index is 13.5. The highest BCUT2D eigenvalue weighted by molar-refractivity contribution is 6.38. The number of aliphatic hydroxyl groups is 1. The first-order valence-corrected chi connectivity index (χ1v) is 6.06. The van der Waals surface area contributed by atoms with Gasteiger partial charge in [0.1, 0.15) is 11.6 Å². The number of rotatable bonds is 5. The Kier molecular flexibility index (Phi) is 4.18. The number of carboxylic acids is 1. The van der Waals surface area contributed by atoms with Crippen LogP contribution in [0.15, 0.2) is 42.6 Å². The van der Waals surface area contributed by atoms with Crippen molar-refractivity contribution in [3.63, 3.8) is 0 Å². The molecule has 108 valence electrons. The van der Waals surface area contributed by atoms with Gasteiger partial charge in [0.05, 0.1) is 5.69 Å².